The van der Waals surface area contributed by atoms with Crippen LogP contribution in [-0.4, -0.2) is 41.5 Å². The third-order valence-corrected chi connectivity index (χ3v) is 3.23. The first kappa shape index (κ1) is 9.40. The van der Waals surface area contributed by atoms with Gasteiger partial charge in [-0.15, -0.1) is 0 Å². The van der Waals surface area contributed by atoms with E-state index < -0.39 is 11.1 Å². The molecule has 13 heavy (non-hydrogen) atoms. The smallest absolute Gasteiger partial charge is 0.111 e. The molecule has 2 aliphatic heterocycles. The van der Waals surface area contributed by atoms with Crippen molar-refractivity contribution in [3.05, 3.63) is 0 Å². The molecule has 76 valence electrons. The van der Waals surface area contributed by atoms with E-state index in [9.17, 15) is 5.11 Å². The van der Waals surface area contributed by atoms with Gasteiger partial charge in [0.05, 0.1) is 17.7 Å². The van der Waals surface area contributed by atoms with Gasteiger partial charge in [0.15, 0.2) is 0 Å². The molecule has 2 aliphatic rings. The van der Waals surface area contributed by atoms with E-state index in [1.807, 2.05) is 13.8 Å². The summed E-state index contributed by atoms with van der Waals surface area (Å²) in [6.45, 7) is 5.70. The van der Waals surface area contributed by atoms with E-state index >= 15 is 0 Å². The molecule has 1 atom stereocenters. The predicted octanol–water partition coefficient (Wildman–Crippen LogP) is -0.783. The zero-order valence-corrected chi connectivity index (χ0v) is 8.26. The molecule has 0 aliphatic carbocycles. The highest BCUT2D eigenvalue weighted by atomic mass is 16.5. The molecule has 0 amide bonds. The maximum Gasteiger partial charge on any atom is 0.111 e. The Hall–Kier alpha value is -0.160. The highest BCUT2D eigenvalue weighted by Gasteiger charge is 2.57. The van der Waals surface area contributed by atoms with Gasteiger partial charge >= 0.3 is 0 Å². The second kappa shape index (κ2) is 2.45. The molecule has 4 heteroatoms. The lowest BCUT2D eigenvalue weighted by atomic mass is 9.73. The fourth-order valence-electron chi connectivity index (χ4n) is 2.16. The molecular weight excluding hydrogens is 168 g/mol. The minimum Gasteiger partial charge on any atom is -0.385 e. The molecule has 4 nitrogen and oxygen atoms in total. The molecule has 0 aromatic carbocycles. The number of hydrogen-bond donors (Lipinski definition) is 3. The molecule has 0 aromatic rings. The van der Waals surface area contributed by atoms with Crippen LogP contribution < -0.4 is 11.1 Å². The number of nitrogens with one attached hydrogen (secondary N) is 1. The number of hydrogen-bond acceptors (Lipinski definition) is 4. The molecule has 1 unspecified atom stereocenters. The molecule has 0 spiro atoms. The Kier molecular flexibility index (Phi) is 1.77. The van der Waals surface area contributed by atoms with Crippen molar-refractivity contribution in [3.8, 4) is 0 Å². The first-order chi connectivity index (χ1) is 5.87. The van der Waals surface area contributed by atoms with Gasteiger partial charge in [0.25, 0.3) is 0 Å². The summed E-state index contributed by atoms with van der Waals surface area (Å²) >= 11 is 0. The van der Waals surface area contributed by atoms with Crippen LogP contribution in [-0.2, 0) is 4.74 Å². The van der Waals surface area contributed by atoms with E-state index in [0.29, 0.717) is 26.1 Å². The Balaban J connectivity index is 2.14. The number of ether oxygens (including phenoxy) is 1. The van der Waals surface area contributed by atoms with Crippen molar-refractivity contribution in [3.63, 3.8) is 0 Å². The SMILES string of the molecule is CC1(C)CC(O)(C2(N)CNC2)CO1. The lowest BCUT2D eigenvalue weighted by Gasteiger charge is -2.48. The van der Waals surface area contributed by atoms with E-state index in [0.717, 1.165) is 0 Å². The van der Waals surface area contributed by atoms with Crippen molar-refractivity contribution in [2.24, 2.45) is 5.73 Å². The Bertz CT molecular complexity index is 226. The van der Waals surface area contributed by atoms with E-state index in [-0.39, 0.29) is 5.60 Å². The Morgan fingerprint density at radius 1 is 1.38 bits per heavy atom. The minimum absolute atomic E-state index is 0.239. The third-order valence-electron chi connectivity index (χ3n) is 3.23. The molecule has 4 N–H and O–H groups in total. The zero-order valence-electron chi connectivity index (χ0n) is 8.26. The summed E-state index contributed by atoms with van der Waals surface area (Å²) in [7, 11) is 0. The van der Waals surface area contributed by atoms with Crippen LogP contribution in [0, 0.1) is 0 Å². The van der Waals surface area contributed by atoms with Gasteiger partial charge in [-0.05, 0) is 13.8 Å². The number of aliphatic hydroxyl groups is 1. The fraction of sp³-hybridized carbons (Fsp3) is 1.00. The summed E-state index contributed by atoms with van der Waals surface area (Å²) < 4.78 is 5.52. The van der Waals surface area contributed by atoms with Crippen LogP contribution in [0.3, 0.4) is 0 Å². The van der Waals surface area contributed by atoms with E-state index in [1.165, 1.54) is 0 Å². The van der Waals surface area contributed by atoms with Crippen molar-refractivity contribution >= 4 is 0 Å². The summed E-state index contributed by atoms with van der Waals surface area (Å²) in [5.74, 6) is 0. The molecule has 2 heterocycles. The van der Waals surface area contributed by atoms with Crippen LogP contribution in [0.5, 0.6) is 0 Å². The summed E-state index contributed by atoms with van der Waals surface area (Å²) in [6.07, 6.45) is 0.623. The fourth-order valence-corrected chi connectivity index (χ4v) is 2.16. The Labute approximate surface area is 78.4 Å². The van der Waals surface area contributed by atoms with Crippen LogP contribution in [0.15, 0.2) is 0 Å². The molecule has 2 rings (SSSR count). The lowest BCUT2D eigenvalue weighted by Crippen LogP contribution is -2.77. The molecule has 2 fully saturated rings. The molecule has 0 aromatic heterocycles. The van der Waals surface area contributed by atoms with Gasteiger partial charge in [-0.3, -0.25) is 0 Å². The summed E-state index contributed by atoms with van der Waals surface area (Å²) in [4.78, 5) is 0. The van der Waals surface area contributed by atoms with Gasteiger partial charge in [-0.25, -0.2) is 0 Å². The third kappa shape index (κ3) is 1.29. The summed E-state index contributed by atoms with van der Waals surface area (Å²) in [5.41, 5.74) is 4.50. The lowest BCUT2D eigenvalue weighted by molar-refractivity contribution is -0.0625. The molecular formula is C9H18N2O2. The van der Waals surface area contributed by atoms with Gasteiger partial charge in [0, 0.05) is 19.5 Å². The summed E-state index contributed by atoms with van der Waals surface area (Å²) in [6, 6.07) is 0. The largest absolute Gasteiger partial charge is 0.385 e. The average Bonchev–Trinajstić information content (AvgIpc) is 2.22. The molecule has 0 saturated carbocycles. The van der Waals surface area contributed by atoms with Crippen molar-refractivity contribution in [1.29, 1.82) is 0 Å². The number of rotatable bonds is 1. The topological polar surface area (TPSA) is 67.5 Å². The van der Waals surface area contributed by atoms with Gasteiger partial charge < -0.3 is 20.9 Å². The Morgan fingerprint density at radius 2 is 2.00 bits per heavy atom. The average molecular weight is 186 g/mol. The maximum atomic E-state index is 10.3. The highest BCUT2D eigenvalue weighted by Crippen LogP contribution is 2.39. The zero-order chi connectivity index (χ0) is 9.74. The van der Waals surface area contributed by atoms with Crippen molar-refractivity contribution in [2.45, 2.75) is 37.0 Å². The maximum absolute atomic E-state index is 10.3. The van der Waals surface area contributed by atoms with Gasteiger partial charge in [-0.1, -0.05) is 0 Å². The van der Waals surface area contributed by atoms with E-state index in [2.05, 4.69) is 5.32 Å². The second-order valence-corrected chi connectivity index (χ2v) is 5.02. The monoisotopic (exact) mass is 186 g/mol. The normalized spacial score (nSPS) is 41.5. The van der Waals surface area contributed by atoms with Crippen LogP contribution in [0.4, 0.5) is 0 Å². The number of nitrogens with two attached hydrogens (primary N) is 1. The van der Waals surface area contributed by atoms with Crippen LogP contribution >= 0.6 is 0 Å². The van der Waals surface area contributed by atoms with Crippen LogP contribution in [0.2, 0.25) is 0 Å². The Morgan fingerprint density at radius 3 is 2.31 bits per heavy atom. The molecule has 0 radical (unpaired) electrons. The second-order valence-electron chi connectivity index (χ2n) is 5.02. The highest BCUT2D eigenvalue weighted by molar-refractivity contribution is 5.15. The van der Waals surface area contributed by atoms with Crippen LogP contribution in [0.1, 0.15) is 20.3 Å². The summed E-state index contributed by atoms with van der Waals surface area (Å²) in [5, 5.41) is 13.4. The van der Waals surface area contributed by atoms with E-state index in [4.69, 9.17) is 10.5 Å². The van der Waals surface area contributed by atoms with Gasteiger partial charge in [-0.2, -0.15) is 0 Å². The molecule has 0 bridgehead atoms. The predicted molar refractivity (Wildman–Crippen MR) is 49.4 cm³/mol. The minimum atomic E-state index is -0.845. The van der Waals surface area contributed by atoms with Crippen molar-refractivity contribution in [1.82, 2.24) is 5.32 Å². The quantitative estimate of drug-likeness (QED) is 0.502. The standard InChI is InChI=1S/C9H18N2O2/c1-7(2)3-9(12,6-13-7)8(10)4-11-5-8/h11-12H,3-6,10H2,1-2H3. The van der Waals surface area contributed by atoms with Crippen LogP contribution in [0.25, 0.3) is 0 Å². The van der Waals surface area contributed by atoms with Gasteiger partial charge in [0.2, 0.25) is 0 Å². The first-order valence-electron chi connectivity index (χ1n) is 4.73. The first-order valence-corrected chi connectivity index (χ1v) is 4.73. The molecule has 2 saturated heterocycles. The van der Waals surface area contributed by atoms with Gasteiger partial charge in [0.1, 0.15) is 5.60 Å². The van der Waals surface area contributed by atoms with Crippen molar-refractivity contribution < 1.29 is 9.84 Å². The van der Waals surface area contributed by atoms with Crippen molar-refractivity contribution in [2.75, 3.05) is 19.7 Å². The van der Waals surface area contributed by atoms with E-state index in [1.54, 1.807) is 0 Å².